The summed E-state index contributed by atoms with van der Waals surface area (Å²) in [7, 11) is 1.60. The minimum absolute atomic E-state index is 0.249. The zero-order chi connectivity index (χ0) is 12.9. The lowest BCUT2D eigenvalue weighted by atomic mass is 9.68. The maximum absolute atomic E-state index is 11.0. The van der Waals surface area contributed by atoms with E-state index in [-0.39, 0.29) is 6.61 Å². The molecule has 3 nitrogen and oxygen atoms in total. The van der Waals surface area contributed by atoms with Gasteiger partial charge in [0.1, 0.15) is 5.60 Å². The third-order valence-electron chi connectivity index (χ3n) is 3.83. The van der Waals surface area contributed by atoms with Gasteiger partial charge in [-0.1, -0.05) is 44.2 Å². The maximum Gasteiger partial charge on any atom is 0.119 e. The fraction of sp³-hybridized carbons (Fsp3) is 0.571. The van der Waals surface area contributed by atoms with Crippen molar-refractivity contribution in [2.45, 2.75) is 25.9 Å². The van der Waals surface area contributed by atoms with Crippen LogP contribution in [0.1, 0.15) is 25.8 Å². The fourth-order valence-corrected chi connectivity index (χ4v) is 2.13. The van der Waals surface area contributed by atoms with Gasteiger partial charge in [-0.25, -0.2) is 0 Å². The van der Waals surface area contributed by atoms with E-state index in [0.29, 0.717) is 6.54 Å². The summed E-state index contributed by atoms with van der Waals surface area (Å²) in [5, 5.41) is 11.0. The minimum atomic E-state index is -1.05. The summed E-state index contributed by atoms with van der Waals surface area (Å²) in [6.07, 6.45) is 0.790. The van der Waals surface area contributed by atoms with Crippen molar-refractivity contribution in [1.29, 1.82) is 0 Å². The lowest BCUT2D eigenvalue weighted by Gasteiger charge is -2.44. The summed E-state index contributed by atoms with van der Waals surface area (Å²) in [6, 6.07) is 9.61. The van der Waals surface area contributed by atoms with Gasteiger partial charge in [0.15, 0.2) is 0 Å². The van der Waals surface area contributed by atoms with Crippen molar-refractivity contribution in [1.82, 2.24) is 0 Å². The van der Waals surface area contributed by atoms with Gasteiger partial charge >= 0.3 is 0 Å². The Morgan fingerprint density at radius 2 is 1.88 bits per heavy atom. The molecule has 1 rings (SSSR count). The van der Waals surface area contributed by atoms with E-state index in [4.69, 9.17) is 10.5 Å². The van der Waals surface area contributed by atoms with E-state index in [9.17, 15) is 5.11 Å². The predicted octanol–water partition coefficient (Wildman–Crippen LogP) is 1.90. The van der Waals surface area contributed by atoms with Crippen LogP contribution in [0.3, 0.4) is 0 Å². The first-order valence-electron chi connectivity index (χ1n) is 6.01. The second-order valence-corrected chi connectivity index (χ2v) is 4.78. The molecule has 0 spiro atoms. The Kier molecular flexibility index (Phi) is 4.69. The molecule has 17 heavy (non-hydrogen) atoms. The van der Waals surface area contributed by atoms with Crippen molar-refractivity contribution >= 4 is 0 Å². The first kappa shape index (κ1) is 14.2. The van der Waals surface area contributed by atoms with Crippen LogP contribution in [-0.4, -0.2) is 25.4 Å². The minimum Gasteiger partial charge on any atom is -0.382 e. The van der Waals surface area contributed by atoms with Gasteiger partial charge < -0.3 is 15.6 Å². The van der Waals surface area contributed by atoms with Crippen LogP contribution in [-0.2, 0) is 10.3 Å². The van der Waals surface area contributed by atoms with Crippen LogP contribution in [0.4, 0.5) is 0 Å². The van der Waals surface area contributed by atoms with E-state index < -0.39 is 11.0 Å². The Morgan fingerprint density at radius 3 is 2.29 bits per heavy atom. The summed E-state index contributed by atoms with van der Waals surface area (Å²) in [6.45, 7) is 4.70. The van der Waals surface area contributed by atoms with Crippen LogP contribution in [0.15, 0.2) is 30.3 Å². The first-order valence-corrected chi connectivity index (χ1v) is 6.01. The van der Waals surface area contributed by atoms with Gasteiger partial charge in [-0.3, -0.25) is 0 Å². The Bertz CT molecular complexity index is 335. The van der Waals surface area contributed by atoms with Crippen LogP contribution < -0.4 is 5.73 Å². The molecule has 1 aromatic carbocycles. The van der Waals surface area contributed by atoms with E-state index in [1.54, 1.807) is 7.11 Å². The number of hydrogen-bond donors (Lipinski definition) is 2. The van der Waals surface area contributed by atoms with E-state index in [1.807, 2.05) is 44.2 Å². The molecule has 3 heteroatoms. The van der Waals surface area contributed by atoms with Gasteiger partial charge in [-0.05, 0) is 12.0 Å². The van der Waals surface area contributed by atoms with Crippen molar-refractivity contribution in [2.24, 2.45) is 11.1 Å². The van der Waals surface area contributed by atoms with Crippen molar-refractivity contribution in [2.75, 3.05) is 20.3 Å². The van der Waals surface area contributed by atoms with E-state index in [2.05, 4.69) is 0 Å². The molecule has 0 fully saturated rings. The highest BCUT2D eigenvalue weighted by atomic mass is 16.5. The summed E-state index contributed by atoms with van der Waals surface area (Å²) < 4.78 is 5.21. The largest absolute Gasteiger partial charge is 0.382 e. The molecule has 0 aliphatic heterocycles. The van der Waals surface area contributed by atoms with Gasteiger partial charge in [0.2, 0.25) is 0 Å². The Hall–Kier alpha value is -0.900. The second kappa shape index (κ2) is 5.63. The normalized spacial score (nSPS) is 18.4. The molecule has 1 aromatic rings. The molecule has 0 aliphatic carbocycles. The van der Waals surface area contributed by atoms with Gasteiger partial charge in [0.05, 0.1) is 6.61 Å². The van der Waals surface area contributed by atoms with Crippen LogP contribution in [0, 0.1) is 5.41 Å². The van der Waals surface area contributed by atoms with Gasteiger partial charge in [-0.15, -0.1) is 0 Å². The first-order chi connectivity index (χ1) is 8.04. The Labute approximate surface area is 104 Å². The summed E-state index contributed by atoms with van der Waals surface area (Å²) in [5.41, 5.74) is 5.27. The molecular formula is C14H23NO2. The monoisotopic (exact) mass is 237 g/mol. The second-order valence-electron chi connectivity index (χ2n) is 4.78. The molecule has 0 radical (unpaired) electrons. The molecule has 2 atom stereocenters. The fourth-order valence-electron chi connectivity index (χ4n) is 2.13. The van der Waals surface area contributed by atoms with Crippen molar-refractivity contribution < 1.29 is 9.84 Å². The van der Waals surface area contributed by atoms with Crippen LogP contribution >= 0.6 is 0 Å². The topological polar surface area (TPSA) is 55.5 Å². The molecule has 96 valence electrons. The Balaban J connectivity index is 3.22. The molecule has 0 amide bonds. The molecule has 3 N–H and O–H groups in total. The maximum atomic E-state index is 11.0. The molecular weight excluding hydrogens is 214 g/mol. The smallest absolute Gasteiger partial charge is 0.119 e. The van der Waals surface area contributed by atoms with E-state index >= 15 is 0 Å². The molecule has 0 bridgehead atoms. The predicted molar refractivity (Wildman–Crippen MR) is 69.7 cm³/mol. The third kappa shape index (κ3) is 2.51. The molecule has 0 saturated carbocycles. The van der Waals surface area contributed by atoms with Crippen molar-refractivity contribution in [3.8, 4) is 0 Å². The summed E-state index contributed by atoms with van der Waals surface area (Å²) >= 11 is 0. The molecule has 0 heterocycles. The van der Waals surface area contributed by atoms with Crippen LogP contribution in [0.2, 0.25) is 0 Å². The lowest BCUT2D eigenvalue weighted by Crippen LogP contribution is -2.51. The van der Waals surface area contributed by atoms with Crippen LogP contribution in [0.5, 0.6) is 0 Å². The molecule has 0 aromatic heterocycles. The number of hydrogen-bond acceptors (Lipinski definition) is 3. The lowest BCUT2D eigenvalue weighted by molar-refractivity contribution is -0.124. The van der Waals surface area contributed by atoms with Gasteiger partial charge in [0, 0.05) is 19.1 Å². The number of aliphatic hydroxyl groups is 1. The number of benzene rings is 1. The van der Waals surface area contributed by atoms with Gasteiger partial charge in [-0.2, -0.15) is 0 Å². The zero-order valence-corrected chi connectivity index (χ0v) is 10.9. The quantitative estimate of drug-likeness (QED) is 0.794. The van der Waals surface area contributed by atoms with E-state index in [1.165, 1.54) is 0 Å². The van der Waals surface area contributed by atoms with Crippen LogP contribution in [0.25, 0.3) is 0 Å². The SMILES string of the molecule is CCC(C)(CN)C(O)(COC)c1ccccc1. The number of ether oxygens (including phenoxy) is 1. The zero-order valence-electron chi connectivity index (χ0n) is 10.9. The standard InChI is InChI=1S/C14H23NO2/c1-4-13(2,10-15)14(16,11-17-3)12-8-6-5-7-9-12/h5-9,16H,4,10-11,15H2,1-3H3. The highest BCUT2D eigenvalue weighted by Gasteiger charge is 2.46. The van der Waals surface area contributed by atoms with Gasteiger partial charge in [0.25, 0.3) is 0 Å². The van der Waals surface area contributed by atoms with Crippen molar-refractivity contribution in [3.05, 3.63) is 35.9 Å². The summed E-state index contributed by atoms with van der Waals surface area (Å²) in [4.78, 5) is 0. The highest BCUT2D eigenvalue weighted by Crippen LogP contribution is 2.41. The molecule has 0 saturated heterocycles. The molecule has 2 unspecified atom stereocenters. The third-order valence-corrected chi connectivity index (χ3v) is 3.83. The number of nitrogens with two attached hydrogens (primary N) is 1. The molecule has 0 aliphatic rings. The average molecular weight is 237 g/mol. The number of methoxy groups -OCH3 is 1. The van der Waals surface area contributed by atoms with Crippen molar-refractivity contribution in [3.63, 3.8) is 0 Å². The van der Waals surface area contributed by atoms with E-state index in [0.717, 1.165) is 12.0 Å². The summed E-state index contributed by atoms with van der Waals surface area (Å²) in [5.74, 6) is 0. The Morgan fingerprint density at radius 1 is 1.29 bits per heavy atom. The highest BCUT2D eigenvalue weighted by molar-refractivity contribution is 5.25. The number of rotatable bonds is 6. The average Bonchev–Trinajstić information content (AvgIpc) is 2.38.